The lowest BCUT2D eigenvalue weighted by Gasteiger charge is -2.20. The summed E-state index contributed by atoms with van der Waals surface area (Å²) in [6, 6.07) is 10.3. The van der Waals surface area contributed by atoms with Crippen LogP contribution in [0.3, 0.4) is 0 Å². The second-order valence-electron chi connectivity index (χ2n) is 6.36. The van der Waals surface area contributed by atoms with Crippen molar-refractivity contribution in [3.63, 3.8) is 0 Å². The monoisotopic (exact) mass is 327 g/mol. The molecule has 0 radical (unpaired) electrons. The summed E-state index contributed by atoms with van der Waals surface area (Å²) in [6.45, 7) is 7.09. The first-order valence-electron chi connectivity index (χ1n) is 7.57. The molecular weight excluding hydrogens is 306 g/mol. The predicted molar refractivity (Wildman–Crippen MR) is 95.9 cm³/mol. The van der Waals surface area contributed by atoms with Crippen LogP contribution in [0, 0.1) is 0 Å². The zero-order valence-electron chi connectivity index (χ0n) is 13.9. The Bertz CT molecular complexity index is 805. The lowest BCUT2D eigenvalue weighted by Crippen LogP contribution is -2.23. The van der Waals surface area contributed by atoms with E-state index in [2.05, 4.69) is 53.3 Å². The number of rotatable bonds is 4. The number of hydrogen-bond acceptors (Lipinski definition) is 5. The first-order valence-corrected chi connectivity index (χ1v) is 8.79. The molecule has 0 spiro atoms. The van der Waals surface area contributed by atoms with Crippen molar-refractivity contribution in [3.8, 4) is 0 Å². The van der Waals surface area contributed by atoms with Gasteiger partial charge in [-0.1, -0.05) is 42.1 Å². The number of nitrogens with one attached hydrogen (secondary N) is 1. The Labute approximate surface area is 140 Å². The number of nitrogens with zero attached hydrogens (tertiary/aromatic N) is 4. The molecule has 0 saturated heterocycles. The van der Waals surface area contributed by atoms with Gasteiger partial charge in [0.25, 0.3) is 0 Å². The first kappa shape index (κ1) is 15.8. The number of hydrogen-bond donors (Lipinski definition) is 1. The minimum absolute atomic E-state index is 0.123. The third-order valence-corrected chi connectivity index (χ3v) is 4.08. The number of aromatic nitrogens is 4. The fraction of sp³-hybridized carbons (Fsp3) is 0.353. The molecular formula is C17H21N5S. The Morgan fingerprint density at radius 3 is 2.52 bits per heavy atom. The number of fused-ring (bicyclic) bond motifs is 1. The van der Waals surface area contributed by atoms with Crippen molar-refractivity contribution in [2.45, 2.75) is 38.0 Å². The molecule has 0 atom stereocenters. The molecule has 0 bridgehead atoms. The van der Waals surface area contributed by atoms with Crippen molar-refractivity contribution in [3.05, 3.63) is 42.1 Å². The van der Waals surface area contributed by atoms with Gasteiger partial charge in [-0.25, -0.2) is 14.6 Å². The zero-order chi connectivity index (χ0) is 16.4. The van der Waals surface area contributed by atoms with Crippen molar-refractivity contribution in [1.82, 2.24) is 19.7 Å². The highest BCUT2D eigenvalue weighted by molar-refractivity contribution is 7.98. The summed E-state index contributed by atoms with van der Waals surface area (Å²) in [5, 5.41) is 9.65. The molecule has 1 aromatic carbocycles. The van der Waals surface area contributed by atoms with Crippen LogP contribution < -0.4 is 5.32 Å². The third kappa shape index (κ3) is 3.32. The minimum atomic E-state index is -0.123. The Morgan fingerprint density at radius 2 is 1.87 bits per heavy atom. The average Bonchev–Trinajstić information content (AvgIpc) is 2.97. The molecule has 1 N–H and O–H groups in total. The summed E-state index contributed by atoms with van der Waals surface area (Å²) in [4.78, 5) is 9.27. The maximum atomic E-state index is 4.65. The quantitative estimate of drug-likeness (QED) is 0.581. The molecule has 0 unspecified atom stereocenters. The van der Waals surface area contributed by atoms with E-state index in [1.807, 2.05) is 35.3 Å². The zero-order valence-corrected chi connectivity index (χ0v) is 14.7. The van der Waals surface area contributed by atoms with Gasteiger partial charge < -0.3 is 5.32 Å². The number of anilines is 1. The number of benzene rings is 1. The normalized spacial score (nSPS) is 11.8. The SMILES string of the molecule is CSc1nc(NCc2ccccc2)c2cnn(C(C)(C)C)c2n1. The van der Waals surface area contributed by atoms with E-state index in [9.17, 15) is 0 Å². The molecule has 23 heavy (non-hydrogen) atoms. The van der Waals surface area contributed by atoms with Gasteiger partial charge in [0.1, 0.15) is 5.82 Å². The van der Waals surface area contributed by atoms with E-state index in [1.165, 1.54) is 17.3 Å². The molecule has 3 rings (SSSR count). The van der Waals surface area contributed by atoms with E-state index < -0.39 is 0 Å². The van der Waals surface area contributed by atoms with Gasteiger partial charge in [-0.05, 0) is 32.6 Å². The summed E-state index contributed by atoms with van der Waals surface area (Å²) < 4.78 is 1.96. The molecule has 120 valence electrons. The van der Waals surface area contributed by atoms with Gasteiger partial charge >= 0.3 is 0 Å². The van der Waals surface area contributed by atoms with Gasteiger partial charge in [-0.3, -0.25) is 0 Å². The van der Waals surface area contributed by atoms with Crippen molar-refractivity contribution in [2.75, 3.05) is 11.6 Å². The fourth-order valence-corrected chi connectivity index (χ4v) is 2.75. The molecule has 2 aromatic heterocycles. The molecule has 0 aliphatic rings. The van der Waals surface area contributed by atoms with Crippen LogP contribution in [0.25, 0.3) is 11.0 Å². The van der Waals surface area contributed by atoms with E-state index >= 15 is 0 Å². The molecule has 3 aromatic rings. The molecule has 0 fully saturated rings. The Hall–Kier alpha value is -2.08. The largest absolute Gasteiger partial charge is 0.365 e. The van der Waals surface area contributed by atoms with Crippen LogP contribution in [0.5, 0.6) is 0 Å². The Morgan fingerprint density at radius 1 is 1.13 bits per heavy atom. The van der Waals surface area contributed by atoms with Crippen molar-refractivity contribution in [1.29, 1.82) is 0 Å². The van der Waals surface area contributed by atoms with Gasteiger partial charge in [0.05, 0.1) is 17.1 Å². The smallest absolute Gasteiger partial charge is 0.191 e. The Kier molecular flexibility index (Phi) is 4.26. The third-order valence-electron chi connectivity index (χ3n) is 3.53. The fourth-order valence-electron chi connectivity index (χ4n) is 2.39. The van der Waals surface area contributed by atoms with Crippen molar-refractivity contribution >= 4 is 28.6 Å². The minimum Gasteiger partial charge on any atom is -0.365 e. The van der Waals surface area contributed by atoms with E-state index in [-0.39, 0.29) is 5.54 Å². The van der Waals surface area contributed by atoms with Gasteiger partial charge in [0, 0.05) is 6.54 Å². The van der Waals surface area contributed by atoms with Crippen LogP contribution in [0.2, 0.25) is 0 Å². The van der Waals surface area contributed by atoms with Crippen LogP contribution in [0.4, 0.5) is 5.82 Å². The van der Waals surface area contributed by atoms with Gasteiger partial charge in [0.2, 0.25) is 0 Å². The van der Waals surface area contributed by atoms with E-state index in [4.69, 9.17) is 0 Å². The molecule has 0 aliphatic carbocycles. The van der Waals surface area contributed by atoms with Crippen LogP contribution in [0.1, 0.15) is 26.3 Å². The molecule has 0 aliphatic heterocycles. The highest BCUT2D eigenvalue weighted by atomic mass is 32.2. The highest BCUT2D eigenvalue weighted by Gasteiger charge is 2.20. The van der Waals surface area contributed by atoms with Gasteiger partial charge in [0.15, 0.2) is 10.8 Å². The second kappa shape index (κ2) is 6.20. The van der Waals surface area contributed by atoms with E-state index in [0.29, 0.717) is 0 Å². The second-order valence-corrected chi connectivity index (χ2v) is 7.14. The lowest BCUT2D eigenvalue weighted by atomic mass is 10.1. The molecule has 2 heterocycles. The summed E-state index contributed by atoms with van der Waals surface area (Å²) in [6.07, 6.45) is 3.83. The maximum Gasteiger partial charge on any atom is 0.191 e. The highest BCUT2D eigenvalue weighted by Crippen LogP contribution is 2.27. The van der Waals surface area contributed by atoms with Crippen molar-refractivity contribution < 1.29 is 0 Å². The average molecular weight is 327 g/mol. The maximum absolute atomic E-state index is 4.65. The summed E-state index contributed by atoms with van der Waals surface area (Å²) in [5.41, 5.74) is 1.96. The molecule has 0 saturated carbocycles. The molecule has 6 heteroatoms. The Balaban J connectivity index is 2.00. The lowest BCUT2D eigenvalue weighted by molar-refractivity contribution is 0.365. The van der Waals surface area contributed by atoms with Gasteiger partial charge in [-0.15, -0.1) is 0 Å². The number of thioether (sulfide) groups is 1. The van der Waals surface area contributed by atoms with Crippen LogP contribution in [0.15, 0.2) is 41.7 Å². The van der Waals surface area contributed by atoms with Crippen molar-refractivity contribution in [2.24, 2.45) is 0 Å². The van der Waals surface area contributed by atoms with Crippen LogP contribution >= 0.6 is 11.8 Å². The molecule has 5 nitrogen and oxygen atoms in total. The summed E-state index contributed by atoms with van der Waals surface area (Å²) in [5.74, 6) is 0.832. The van der Waals surface area contributed by atoms with Crippen LogP contribution in [-0.4, -0.2) is 26.0 Å². The van der Waals surface area contributed by atoms with E-state index in [0.717, 1.165) is 28.6 Å². The predicted octanol–water partition coefficient (Wildman–Crippen LogP) is 3.92. The standard InChI is InChI=1S/C17H21N5S/c1-17(2,3)22-15-13(11-19-22)14(20-16(21-15)23-4)18-10-12-8-6-5-7-9-12/h5-9,11H,10H2,1-4H3,(H,18,20,21). The van der Waals surface area contributed by atoms with E-state index in [1.54, 1.807) is 0 Å². The topological polar surface area (TPSA) is 55.6 Å². The summed E-state index contributed by atoms with van der Waals surface area (Å²) in [7, 11) is 0. The molecule has 0 amide bonds. The van der Waals surface area contributed by atoms with Gasteiger partial charge in [-0.2, -0.15) is 5.10 Å². The first-order chi connectivity index (χ1) is 11.0. The van der Waals surface area contributed by atoms with Crippen LogP contribution in [-0.2, 0) is 12.1 Å². The summed E-state index contributed by atoms with van der Waals surface area (Å²) >= 11 is 1.54.